The van der Waals surface area contributed by atoms with Crippen LogP contribution in [0.15, 0.2) is 24.4 Å². The molecule has 10 heteroatoms. The number of anilines is 2. The second-order valence-corrected chi connectivity index (χ2v) is 9.72. The van der Waals surface area contributed by atoms with Crippen LogP contribution in [-0.2, 0) is 10.3 Å². The lowest BCUT2D eigenvalue weighted by molar-refractivity contribution is -0.0642. The molecule has 0 amide bonds. The SMILES string of the molecule is COC1CN(C2CCC(CC#N)(n3nc(Nc4ccc(Cl)c(F)c4)c4c3C=CNC4O)CC2)C1. The van der Waals surface area contributed by atoms with Crippen LogP contribution in [0.25, 0.3) is 6.08 Å². The molecule has 1 aliphatic carbocycles. The number of nitrogens with zero attached hydrogens (tertiary/aromatic N) is 4. The highest BCUT2D eigenvalue weighted by atomic mass is 35.5. The minimum absolute atomic E-state index is 0.0338. The molecule has 180 valence electrons. The first-order valence-electron chi connectivity index (χ1n) is 11.5. The van der Waals surface area contributed by atoms with E-state index in [1.807, 2.05) is 10.8 Å². The van der Waals surface area contributed by atoms with Gasteiger partial charge in [0.25, 0.3) is 0 Å². The van der Waals surface area contributed by atoms with Crippen molar-refractivity contribution in [3.63, 3.8) is 0 Å². The van der Waals surface area contributed by atoms with Crippen LogP contribution in [-0.4, -0.2) is 52.1 Å². The molecule has 2 fully saturated rings. The van der Waals surface area contributed by atoms with Crippen molar-refractivity contribution in [1.82, 2.24) is 20.0 Å². The minimum atomic E-state index is -0.976. The normalized spacial score (nSPS) is 26.9. The first kappa shape index (κ1) is 23.1. The molecule has 0 spiro atoms. The summed E-state index contributed by atoms with van der Waals surface area (Å²) in [5, 5.41) is 31.4. The highest BCUT2D eigenvalue weighted by Gasteiger charge is 2.44. The Bertz CT molecular complexity index is 1130. The highest BCUT2D eigenvalue weighted by Crippen LogP contribution is 2.44. The summed E-state index contributed by atoms with van der Waals surface area (Å²) in [6.07, 6.45) is 6.75. The average molecular weight is 487 g/mol. The summed E-state index contributed by atoms with van der Waals surface area (Å²) in [5.41, 5.74) is 1.32. The molecule has 3 aliphatic rings. The molecule has 1 unspecified atom stereocenters. The van der Waals surface area contributed by atoms with Crippen LogP contribution in [0.4, 0.5) is 15.9 Å². The number of likely N-dealkylation sites (tertiary alicyclic amines) is 1. The first-order chi connectivity index (χ1) is 16.4. The van der Waals surface area contributed by atoms with Crippen LogP contribution in [0.1, 0.15) is 49.6 Å². The van der Waals surface area contributed by atoms with Gasteiger partial charge < -0.3 is 20.5 Å². The van der Waals surface area contributed by atoms with Crippen LogP contribution in [0.3, 0.4) is 0 Å². The molecule has 1 aromatic heterocycles. The third-order valence-electron chi connectivity index (χ3n) is 7.38. The maximum Gasteiger partial charge on any atom is 0.160 e. The van der Waals surface area contributed by atoms with Crippen LogP contribution in [0.5, 0.6) is 0 Å². The first-order valence-corrected chi connectivity index (χ1v) is 11.9. The largest absolute Gasteiger partial charge is 0.379 e. The van der Waals surface area contributed by atoms with Gasteiger partial charge in [0.1, 0.15) is 5.82 Å². The monoisotopic (exact) mass is 486 g/mol. The van der Waals surface area contributed by atoms with E-state index < -0.39 is 17.6 Å². The van der Waals surface area contributed by atoms with E-state index in [0.717, 1.165) is 44.5 Å². The number of ether oxygens (including phenoxy) is 1. The van der Waals surface area contributed by atoms with Crippen molar-refractivity contribution in [2.45, 2.75) is 56.0 Å². The molecule has 3 N–H and O–H groups in total. The quantitative estimate of drug-likeness (QED) is 0.570. The molecular weight excluding hydrogens is 459 g/mol. The van der Waals surface area contributed by atoms with Crippen molar-refractivity contribution in [2.24, 2.45) is 0 Å². The summed E-state index contributed by atoms with van der Waals surface area (Å²) in [6.45, 7) is 1.91. The third-order valence-corrected chi connectivity index (χ3v) is 7.69. The summed E-state index contributed by atoms with van der Waals surface area (Å²) in [6, 6.07) is 7.27. The number of rotatable bonds is 6. The van der Waals surface area contributed by atoms with Crippen LogP contribution < -0.4 is 10.6 Å². The number of hydrogen-bond acceptors (Lipinski definition) is 7. The van der Waals surface area contributed by atoms with E-state index in [1.54, 1.807) is 19.4 Å². The fourth-order valence-electron chi connectivity index (χ4n) is 5.37. The fourth-order valence-corrected chi connectivity index (χ4v) is 5.49. The molecule has 1 atom stereocenters. The maximum absolute atomic E-state index is 14.0. The van der Waals surface area contributed by atoms with E-state index in [-0.39, 0.29) is 5.02 Å². The molecule has 3 heterocycles. The van der Waals surface area contributed by atoms with Gasteiger partial charge in [-0.25, -0.2) is 4.39 Å². The minimum Gasteiger partial charge on any atom is -0.379 e. The molecule has 1 saturated carbocycles. The summed E-state index contributed by atoms with van der Waals surface area (Å²) in [5.74, 6) is -0.120. The number of nitrogens with one attached hydrogen (secondary N) is 2. The van der Waals surface area contributed by atoms with Crippen molar-refractivity contribution >= 4 is 29.2 Å². The van der Waals surface area contributed by atoms with Gasteiger partial charge in [-0.2, -0.15) is 10.4 Å². The third kappa shape index (κ3) is 4.05. The summed E-state index contributed by atoms with van der Waals surface area (Å²) in [7, 11) is 1.75. The number of aliphatic hydroxyl groups excluding tert-OH is 1. The molecule has 0 bridgehead atoms. The van der Waals surface area contributed by atoms with Crippen molar-refractivity contribution in [2.75, 3.05) is 25.5 Å². The Labute approximate surface area is 202 Å². The van der Waals surface area contributed by atoms with E-state index >= 15 is 0 Å². The number of nitriles is 1. The Morgan fingerprint density at radius 2 is 2.15 bits per heavy atom. The van der Waals surface area contributed by atoms with Gasteiger partial charge in [-0.1, -0.05) is 11.6 Å². The number of aromatic nitrogens is 2. The van der Waals surface area contributed by atoms with Gasteiger partial charge >= 0.3 is 0 Å². The number of halogens is 2. The van der Waals surface area contributed by atoms with E-state index in [2.05, 4.69) is 21.6 Å². The van der Waals surface area contributed by atoms with Gasteiger partial charge in [-0.05, 0) is 50.0 Å². The van der Waals surface area contributed by atoms with E-state index in [4.69, 9.17) is 21.4 Å². The highest BCUT2D eigenvalue weighted by molar-refractivity contribution is 6.30. The number of benzene rings is 1. The number of fused-ring (bicyclic) bond motifs is 1. The second-order valence-electron chi connectivity index (χ2n) is 9.32. The Hall–Kier alpha value is -2.64. The molecule has 2 aliphatic heterocycles. The van der Waals surface area contributed by atoms with Gasteiger partial charge in [0.2, 0.25) is 0 Å². The van der Waals surface area contributed by atoms with Crippen LogP contribution in [0, 0.1) is 17.1 Å². The Balaban J connectivity index is 1.46. The van der Waals surface area contributed by atoms with Crippen LogP contribution in [0.2, 0.25) is 5.02 Å². The van der Waals surface area contributed by atoms with Gasteiger partial charge in [0.05, 0.1) is 40.4 Å². The molecule has 34 heavy (non-hydrogen) atoms. The molecule has 2 aromatic rings. The molecule has 8 nitrogen and oxygen atoms in total. The lowest BCUT2D eigenvalue weighted by atomic mass is 9.76. The summed E-state index contributed by atoms with van der Waals surface area (Å²) >= 11 is 5.82. The second kappa shape index (κ2) is 9.19. The lowest BCUT2D eigenvalue weighted by Crippen LogP contribution is -2.58. The van der Waals surface area contributed by atoms with E-state index in [1.165, 1.54) is 12.1 Å². The number of methoxy groups -OCH3 is 1. The van der Waals surface area contributed by atoms with Crippen molar-refractivity contribution in [1.29, 1.82) is 5.26 Å². The summed E-state index contributed by atoms with van der Waals surface area (Å²) < 4.78 is 21.3. The molecular formula is C24H28ClFN6O2. The smallest absolute Gasteiger partial charge is 0.160 e. The number of hydrogen-bond donors (Lipinski definition) is 3. The Morgan fingerprint density at radius 3 is 2.82 bits per heavy atom. The van der Waals surface area contributed by atoms with Crippen molar-refractivity contribution in [3.8, 4) is 6.07 Å². The Kier molecular flexibility index (Phi) is 6.25. The predicted octanol–water partition coefficient (Wildman–Crippen LogP) is 3.87. The predicted molar refractivity (Wildman–Crippen MR) is 127 cm³/mol. The van der Waals surface area contributed by atoms with Gasteiger partial charge in [-0.15, -0.1) is 0 Å². The molecule has 1 aromatic carbocycles. The van der Waals surface area contributed by atoms with Crippen molar-refractivity contribution < 1.29 is 14.2 Å². The van der Waals surface area contributed by atoms with Crippen molar-refractivity contribution in [3.05, 3.63) is 46.5 Å². The van der Waals surface area contributed by atoms with E-state index in [0.29, 0.717) is 35.6 Å². The molecule has 5 rings (SSSR count). The lowest BCUT2D eigenvalue weighted by Gasteiger charge is -2.48. The molecule has 0 radical (unpaired) electrons. The zero-order chi connectivity index (χ0) is 23.9. The zero-order valence-electron chi connectivity index (χ0n) is 19.0. The van der Waals surface area contributed by atoms with E-state index in [9.17, 15) is 14.8 Å². The van der Waals surface area contributed by atoms with Crippen LogP contribution >= 0.6 is 11.6 Å². The topological polar surface area (TPSA) is 98.4 Å². The summed E-state index contributed by atoms with van der Waals surface area (Å²) in [4.78, 5) is 2.46. The van der Waals surface area contributed by atoms with Gasteiger partial charge in [0.15, 0.2) is 12.0 Å². The molecule has 1 saturated heterocycles. The van der Waals surface area contributed by atoms with Gasteiger partial charge in [-0.3, -0.25) is 9.58 Å². The fraction of sp³-hybridized carbons (Fsp3) is 0.500. The number of aliphatic hydroxyl groups is 1. The van der Waals surface area contributed by atoms with Gasteiger partial charge in [0, 0.05) is 38.1 Å². The maximum atomic E-state index is 14.0. The zero-order valence-corrected chi connectivity index (χ0v) is 19.7. The standard InChI is InChI=1S/C24H28ClFN6O2/c1-34-17-13-31(14-17)16-4-7-24(8-5-16,9-10-27)32-20-6-11-28-23(33)21(20)22(30-32)29-15-2-3-18(25)19(26)12-15/h2-3,6,11-12,16-17,23,28,33H,4-5,7-9,13-14H2,1H3,(H,29,30). The average Bonchev–Trinajstić information content (AvgIpc) is 3.17. The Morgan fingerprint density at radius 1 is 1.38 bits per heavy atom.